The predicted octanol–water partition coefficient (Wildman–Crippen LogP) is 1.43. The van der Waals surface area contributed by atoms with Crippen molar-refractivity contribution in [1.29, 1.82) is 0 Å². The summed E-state index contributed by atoms with van der Waals surface area (Å²) in [6.45, 7) is 1.53. The number of nitrogens with zero attached hydrogens (tertiary/aromatic N) is 1. The van der Waals surface area contributed by atoms with Crippen molar-refractivity contribution in [2.45, 2.75) is 25.3 Å². The van der Waals surface area contributed by atoms with E-state index < -0.39 is 6.04 Å². The van der Waals surface area contributed by atoms with Gasteiger partial charge in [0.1, 0.15) is 6.04 Å². The largest absolute Gasteiger partial charge is 0.467 e. The molecule has 1 aromatic rings. The van der Waals surface area contributed by atoms with Gasteiger partial charge in [-0.3, -0.25) is 4.79 Å². The van der Waals surface area contributed by atoms with E-state index in [0.717, 1.165) is 25.1 Å². The predicted molar refractivity (Wildman–Crippen MR) is 74.7 cm³/mol. The molecule has 0 bridgehead atoms. The molecule has 5 heteroatoms. The topological polar surface area (TPSA) is 58.6 Å². The number of ether oxygens (including phenoxy) is 1. The SMILES string of the molecule is COC(=O)C1CCCN1C(=O)c1ccc2c(c1)NCC2. The molecule has 1 saturated heterocycles. The second-order valence-electron chi connectivity index (χ2n) is 5.23. The number of hydrogen-bond acceptors (Lipinski definition) is 4. The summed E-state index contributed by atoms with van der Waals surface area (Å²) in [4.78, 5) is 25.9. The van der Waals surface area contributed by atoms with Crippen LogP contribution in [0.2, 0.25) is 0 Å². The number of amides is 1. The van der Waals surface area contributed by atoms with Gasteiger partial charge in [-0.25, -0.2) is 4.79 Å². The minimum Gasteiger partial charge on any atom is -0.467 e. The molecule has 1 fully saturated rings. The normalized spacial score (nSPS) is 20.4. The van der Waals surface area contributed by atoms with Crippen LogP contribution in [0, 0.1) is 0 Å². The quantitative estimate of drug-likeness (QED) is 0.829. The van der Waals surface area contributed by atoms with Crippen LogP contribution in [0.5, 0.6) is 0 Å². The molecule has 1 atom stereocenters. The molecule has 0 aliphatic carbocycles. The summed E-state index contributed by atoms with van der Waals surface area (Å²) < 4.78 is 4.78. The van der Waals surface area contributed by atoms with Crippen molar-refractivity contribution in [1.82, 2.24) is 4.90 Å². The molecular formula is C15H18N2O3. The summed E-state index contributed by atoms with van der Waals surface area (Å²) >= 11 is 0. The maximum Gasteiger partial charge on any atom is 0.328 e. The molecule has 3 rings (SSSR count). The third-order valence-corrected chi connectivity index (χ3v) is 4.05. The molecule has 1 unspecified atom stereocenters. The van der Waals surface area contributed by atoms with Gasteiger partial charge in [0, 0.05) is 24.3 Å². The van der Waals surface area contributed by atoms with E-state index in [0.29, 0.717) is 18.5 Å². The van der Waals surface area contributed by atoms with Gasteiger partial charge in [0.2, 0.25) is 0 Å². The fraction of sp³-hybridized carbons (Fsp3) is 0.467. The molecule has 0 spiro atoms. The van der Waals surface area contributed by atoms with Crippen LogP contribution in [-0.4, -0.2) is 43.0 Å². The number of fused-ring (bicyclic) bond motifs is 1. The van der Waals surface area contributed by atoms with Gasteiger partial charge in [-0.1, -0.05) is 6.07 Å². The van der Waals surface area contributed by atoms with Crippen LogP contribution in [0.15, 0.2) is 18.2 Å². The first-order chi connectivity index (χ1) is 9.70. The standard InChI is InChI=1S/C15H18N2O3/c1-20-15(19)13-3-2-8-17(13)14(18)11-5-4-10-6-7-16-12(10)9-11/h4-5,9,13,16H,2-3,6-8H2,1H3. The Kier molecular flexibility index (Phi) is 3.34. The lowest BCUT2D eigenvalue weighted by Crippen LogP contribution is -2.41. The Morgan fingerprint density at radius 3 is 3.05 bits per heavy atom. The van der Waals surface area contributed by atoms with E-state index in [1.165, 1.54) is 12.7 Å². The van der Waals surface area contributed by atoms with Crippen LogP contribution >= 0.6 is 0 Å². The molecule has 5 nitrogen and oxygen atoms in total. The number of rotatable bonds is 2. The lowest BCUT2D eigenvalue weighted by atomic mass is 10.1. The molecule has 2 aliphatic rings. The minimum absolute atomic E-state index is 0.0885. The summed E-state index contributed by atoms with van der Waals surface area (Å²) in [5.74, 6) is -0.412. The second-order valence-corrected chi connectivity index (χ2v) is 5.23. The zero-order valence-corrected chi connectivity index (χ0v) is 11.5. The molecule has 0 aromatic heterocycles. The molecular weight excluding hydrogens is 256 g/mol. The molecule has 0 radical (unpaired) electrons. The monoisotopic (exact) mass is 274 g/mol. The van der Waals surface area contributed by atoms with Crippen LogP contribution in [0.1, 0.15) is 28.8 Å². The molecule has 1 N–H and O–H groups in total. The fourth-order valence-corrected chi connectivity index (χ4v) is 2.98. The van der Waals surface area contributed by atoms with Crippen LogP contribution in [-0.2, 0) is 16.0 Å². The first-order valence-corrected chi connectivity index (χ1v) is 6.96. The van der Waals surface area contributed by atoms with E-state index in [4.69, 9.17) is 4.74 Å². The van der Waals surface area contributed by atoms with Crippen LogP contribution in [0.25, 0.3) is 0 Å². The summed E-state index contributed by atoms with van der Waals surface area (Å²) in [6, 6.07) is 5.29. The van der Waals surface area contributed by atoms with Crippen molar-refractivity contribution in [2.24, 2.45) is 0 Å². The lowest BCUT2D eigenvalue weighted by molar-refractivity contribution is -0.145. The van der Waals surface area contributed by atoms with E-state index in [-0.39, 0.29) is 11.9 Å². The summed E-state index contributed by atoms with van der Waals surface area (Å²) in [5.41, 5.74) is 2.91. The molecule has 1 amide bonds. The van der Waals surface area contributed by atoms with Crippen molar-refractivity contribution in [3.63, 3.8) is 0 Å². The highest BCUT2D eigenvalue weighted by atomic mass is 16.5. The average molecular weight is 274 g/mol. The molecule has 20 heavy (non-hydrogen) atoms. The number of likely N-dealkylation sites (tertiary alicyclic amines) is 1. The van der Waals surface area contributed by atoms with Crippen molar-refractivity contribution >= 4 is 17.6 Å². The third kappa shape index (κ3) is 2.13. The van der Waals surface area contributed by atoms with E-state index in [1.807, 2.05) is 18.2 Å². The zero-order valence-electron chi connectivity index (χ0n) is 11.5. The first-order valence-electron chi connectivity index (χ1n) is 6.96. The number of methoxy groups -OCH3 is 1. The van der Waals surface area contributed by atoms with E-state index >= 15 is 0 Å². The molecule has 0 saturated carbocycles. The summed E-state index contributed by atoms with van der Waals surface area (Å²) in [6.07, 6.45) is 2.52. The Balaban J connectivity index is 1.83. The Labute approximate surface area is 117 Å². The highest BCUT2D eigenvalue weighted by molar-refractivity contribution is 5.98. The number of benzene rings is 1. The van der Waals surface area contributed by atoms with Gasteiger partial charge >= 0.3 is 5.97 Å². The number of carbonyl (C=O) groups is 2. The van der Waals surface area contributed by atoms with Crippen molar-refractivity contribution in [2.75, 3.05) is 25.5 Å². The van der Waals surface area contributed by atoms with Gasteiger partial charge in [0.15, 0.2) is 0 Å². The van der Waals surface area contributed by atoms with E-state index in [1.54, 1.807) is 4.90 Å². The molecule has 2 heterocycles. The highest BCUT2D eigenvalue weighted by Crippen LogP contribution is 2.26. The van der Waals surface area contributed by atoms with E-state index in [2.05, 4.69) is 5.32 Å². The highest BCUT2D eigenvalue weighted by Gasteiger charge is 2.35. The maximum absolute atomic E-state index is 12.6. The van der Waals surface area contributed by atoms with E-state index in [9.17, 15) is 9.59 Å². The van der Waals surface area contributed by atoms with Crippen LogP contribution in [0.3, 0.4) is 0 Å². The number of carbonyl (C=O) groups excluding carboxylic acids is 2. The number of hydrogen-bond donors (Lipinski definition) is 1. The van der Waals surface area contributed by atoms with Crippen molar-refractivity contribution < 1.29 is 14.3 Å². The van der Waals surface area contributed by atoms with Gasteiger partial charge < -0.3 is 15.0 Å². The van der Waals surface area contributed by atoms with Crippen LogP contribution < -0.4 is 5.32 Å². The zero-order chi connectivity index (χ0) is 14.1. The minimum atomic E-state index is -0.436. The van der Waals surface area contributed by atoms with Crippen molar-refractivity contribution in [3.05, 3.63) is 29.3 Å². The number of esters is 1. The van der Waals surface area contributed by atoms with Gasteiger partial charge in [-0.05, 0) is 37.0 Å². The Bertz CT molecular complexity index is 556. The average Bonchev–Trinajstić information content (AvgIpc) is 3.13. The van der Waals surface area contributed by atoms with Gasteiger partial charge in [-0.15, -0.1) is 0 Å². The molecule has 106 valence electrons. The Morgan fingerprint density at radius 2 is 2.25 bits per heavy atom. The Hall–Kier alpha value is -2.04. The van der Waals surface area contributed by atoms with Gasteiger partial charge in [-0.2, -0.15) is 0 Å². The second kappa shape index (κ2) is 5.15. The summed E-state index contributed by atoms with van der Waals surface area (Å²) in [5, 5.41) is 3.27. The third-order valence-electron chi connectivity index (χ3n) is 4.05. The molecule has 1 aromatic carbocycles. The van der Waals surface area contributed by atoms with Crippen LogP contribution in [0.4, 0.5) is 5.69 Å². The number of anilines is 1. The van der Waals surface area contributed by atoms with Gasteiger partial charge in [0.25, 0.3) is 5.91 Å². The summed E-state index contributed by atoms with van der Waals surface area (Å²) in [7, 11) is 1.36. The van der Waals surface area contributed by atoms with Crippen molar-refractivity contribution in [3.8, 4) is 0 Å². The smallest absolute Gasteiger partial charge is 0.328 e. The lowest BCUT2D eigenvalue weighted by Gasteiger charge is -2.22. The maximum atomic E-state index is 12.6. The Morgan fingerprint density at radius 1 is 1.40 bits per heavy atom. The first kappa shape index (κ1) is 13.0. The number of nitrogens with one attached hydrogen (secondary N) is 1. The molecule has 2 aliphatic heterocycles. The fourth-order valence-electron chi connectivity index (χ4n) is 2.98. The van der Waals surface area contributed by atoms with Gasteiger partial charge in [0.05, 0.1) is 7.11 Å².